The van der Waals surface area contributed by atoms with Gasteiger partial charge in [-0.1, -0.05) is 25.1 Å². The van der Waals surface area contributed by atoms with Gasteiger partial charge in [-0.2, -0.15) is 0 Å². The van der Waals surface area contributed by atoms with Crippen LogP contribution in [0.4, 0.5) is 0 Å². The van der Waals surface area contributed by atoms with Crippen molar-refractivity contribution in [2.24, 2.45) is 0 Å². The smallest absolute Gasteiger partial charge is 0.243 e. The Labute approximate surface area is 170 Å². The minimum atomic E-state index is 0.0817. The van der Waals surface area contributed by atoms with E-state index in [1.165, 1.54) is 0 Å². The molecule has 0 N–H and O–H groups in total. The second-order valence-corrected chi connectivity index (χ2v) is 7.60. The largest absolute Gasteiger partial charge is 0.486 e. The average molecular weight is 391 g/mol. The lowest BCUT2D eigenvalue weighted by Crippen LogP contribution is -2.33. The number of para-hydroxylation sites is 2. The molecule has 1 saturated heterocycles. The number of likely N-dealkylation sites (tertiary alicyclic amines) is 1. The minimum Gasteiger partial charge on any atom is -0.486 e. The van der Waals surface area contributed by atoms with Crippen molar-refractivity contribution in [1.29, 1.82) is 0 Å². The predicted molar refractivity (Wildman–Crippen MR) is 110 cm³/mol. The second-order valence-electron chi connectivity index (χ2n) is 7.60. The molecular formula is C23H25N3O3. The van der Waals surface area contributed by atoms with Crippen LogP contribution in [0.3, 0.4) is 0 Å². The number of ether oxygens (including phenoxy) is 2. The van der Waals surface area contributed by atoms with Gasteiger partial charge in [-0.25, -0.2) is 4.98 Å². The van der Waals surface area contributed by atoms with Gasteiger partial charge in [0.15, 0.2) is 11.5 Å². The molecule has 0 radical (unpaired) electrons. The van der Waals surface area contributed by atoms with Gasteiger partial charge in [-0.3, -0.25) is 4.79 Å². The number of carbonyl (C=O) groups is 1. The van der Waals surface area contributed by atoms with E-state index in [0.29, 0.717) is 19.8 Å². The molecule has 6 nitrogen and oxygen atoms in total. The fourth-order valence-electron chi connectivity index (χ4n) is 4.48. The van der Waals surface area contributed by atoms with Crippen LogP contribution in [0, 0.1) is 0 Å². The first-order valence-corrected chi connectivity index (χ1v) is 10.4. The van der Waals surface area contributed by atoms with E-state index >= 15 is 0 Å². The Hall–Kier alpha value is -3.02. The van der Waals surface area contributed by atoms with E-state index in [1.54, 1.807) is 0 Å². The molecule has 29 heavy (non-hydrogen) atoms. The third kappa shape index (κ3) is 3.22. The van der Waals surface area contributed by atoms with Crippen molar-refractivity contribution in [2.45, 2.75) is 38.8 Å². The third-order valence-electron chi connectivity index (χ3n) is 5.87. The van der Waals surface area contributed by atoms with E-state index in [-0.39, 0.29) is 11.9 Å². The highest BCUT2D eigenvalue weighted by Gasteiger charge is 2.31. The average Bonchev–Trinajstić information content (AvgIpc) is 3.38. The van der Waals surface area contributed by atoms with Gasteiger partial charge in [0.1, 0.15) is 25.6 Å². The number of amides is 1. The lowest BCUT2D eigenvalue weighted by atomic mass is 10.0. The highest BCUT2D eigenvalue weighted by atomic mass is 16.6. The first-order valence-electron chi connectivity index (χ1n) is 10.4. The molecular weight excluding hydrogens is 366 g/mol. The molecule has 1 fully saturated rings. The number of aromatic nitrogens is 2. The van der Waals surface area contributed by atoms with Gasteiger partial charge in [0.2, 0.25) is 5.91 Å². The number of rotatable bonds is 4. The number of fused-ring (bicyclic) bond motifs is 2. The Morgan fingerprint density at radius 3 is 2.83 bits per heavy atom. The molecule has 2 aliphatic heterocycles. The van der Waals surface area contributed by atoms with E-state index in [0.717, 1.165) is 59.7 Å². The molecule has 2 aliphatic rings. The second kappa shape index (κ2) is 7.43. The Morgan fingerprint density at radius 1 is 1.14 bits per heavy atom. The van der Waals surface area contributed by atoms with E-state index in [4.69, 9.17) is 14.5 Å². The van der Waals surface area contributed by atoms with E-state index < -0.39 is 0 Å². The molecule has 0 saturated carbocycles. The van der Waals surface area contributed by atoms with Crippen molar-refractivity contribution in [2.75, 3.05) is 19.8 Å². The van der Waals surface area contributed by atoms with Crippen LogP contribution in [-0.4, -0.2) is 40.1 Å². The Morgan fingerprint density at radius 2 is 1.97 bits per heavy atom. The summed E-state index contributed by atoms with van der Waals surface area (Å²) in [6, 6.07) is 14.2. The quantitative estimate of drug-likeness (QED) is 0.680. The molecule has 2 aromatic carbocycles. The molecule has 5 rings (SSSR count). The molecule has 0 spiro atoms. The van der Waals surface area contributed by atoms with Crippen molar-refractivity contribution in [3.8, 4) is 11.5 Å². The summed E-state index contributed by atoms with van der Waals surface area (Å²) in [4.78, 5) is 20.0. The third-order valence-corrected chi connectivity index (χ3v) is 5.87. The highest BCUT2D eigenvalue weighted by molar-refractivity contribution is 5.81. The molecule has 3 heterocycles. The van der Waals surface area contributed by atoms with Gasteiger partial charge in [0.25, 0.3) is 0 Å². The standard InChI is InChI=1S/C23H25N3O3/c1-2-22-24-17-6-3-4-7-19(17)26(22)15-23(27)25-11-5-8-18(25)16-9-10-20-21(14-16)29-13-12-28-20/h3-4,6-7,9-10,14,18H,2,5,8,11-13,15H2,1H3/t18-/m0/s1. The number of nitrogens with zero attached hydrogens (tertiary/aromatic N) is 3. The number of hydrogen-bond acceptors (Lipinski definition) is 4. The maximum atomic E-state index is 13.3. The monoisotopic (exact) mass is 391 g/mol. The van der Waals surface area contributed by atoms with Crippen LogP contribution in [0.5, 0.6) is 11.5 Å². The summed E-state index contributed by atoms with van der Waals surface area (Å²) in [6.07, 6.45) is 2.78. The zero-order valence-electron chi connectivity index (χ0n) is 16.6. The topological polar surface area (TPSA) is 56.6 Å². The van der Waals surface area contributed by atoms with Gasteiger partial charge in [-0.05, 0) is 42.7 Å². The zero-order valence-corrected chi connectivity index (χ0v) is 16.6. The van der Waals surface area contributed by atoms with E-state index in [1.807, 2.05) is 41.3 Å². The minimum absolute atomic E-state index is 0.0817. The van der Waals surface area contributed by atoms with Gasteiger partial charge in [-0.15, -0.1) is 0 Å². The summed E-state index contributed by atoms with van der Waals surface area (Å²) in [5.41, 5.74) is 3.08. The zero-order chi connectivity index (χ0) is 19.8. The normalized spacial score (nSPS) is 18.4. The van der Waals surface area contributed by atoms with Crippen LogP contribution in [0.1, 0.15) is 37.2 Å². The fraction of sp³-hybridized carbons (Fsp3) is 0.391. The van der Waals surface area contributed by atoms with Crippen molar-refractivity contribution >= 4 is 16.9 Å². The number of benzene rings is 2. The molecule has 3 aromatic rings. The SMILES string of the molecule is CCc1nc2ccccc2n1CC(=O)N1CCC[C@H]1c1ccc2c(c1)OCCO2. The van der Waals surface area contributed by atoms with Crippen LogP contribution in [0.25, 0.3) is 11.0 Å². The van der Waals surface area contributed by atoms with Gasteiger partial charge >= 0.3 is 0 Å². The first-order chi connectivity index (χ1) is 14.2. The van der Waals surface area contributed by atoms with Crippen molar-refractivity contribution in [3.63, 3.8) is 0 Å². The Kier molecular flexibility index (Phi) is 4.62. The lowest BCUT2D eigenvalue weighted by Gasteiger charge is -2.27. The predicted octanol–water partition coefficient (Wildman–Crippen LogP) is 3.73. The summed E-state index contributed by atoms with van der Waals surface area (Å²) >= 11 is 0. The van der Waals surface area contributed by atoms with Crippen LogP contribution in [-0.2, 0) is 17.8 Å². The molecule has 0 bridgehead atoms. The molecule has 150 valence electrons. The summed E-state index contributed by atoms with van der Waals surface area (Å²) in [6.45, 7) is 4.34. The first kappa shape index (κ1) is 18.0. The van der Waals surface area contributed by atoms with Crippen LogP contribution in [0.15, 0.2) is 42.5 Å². The van der Waals surface area contributed by atoms with E-state index in [9.17, 15) is 4.79 Å². The van der Waals surface area contributed by atoms with Crippen LogP contribution < -0.4 is 9.47 Å². The van der Waals surface area contributed by atoms with Crippen molar-refractivity contribution in [3.05, 3.63) is 53.9 Å². The molecule has 6 heteroatoms. The van der Waals surface area contributed by atoms with Gasteiger partial charge < -0.3 is 18.9 Å². The van der Waals surface area contributed by atoms with Gasteiger partial charge in [0, 0.05) is 13.0 Å². The van der Waals surface area contributed by atoms with Gasteiger partial charge in [0.05, 0.1) is 17.1 Å². The summed E-state index contributed by atoms with van der Waals surface area (Å²) in [5, 5.41) is 0. The van der Waals surface area contributed by atoms with Crippen LogP contribution >= 0.6 is 0 Å². The summed E-state index contributed by atoms with van der Waals surface area (Å²) in [5.74, 6) is 2.66. The number of aryl methyl sites for hydroxylation is 1. The fourth-order valence-corrected chi connectivity index (χ4v) is 4.48. The van der Waals surface area contributed by atoms with Crippen molar-refractivity contribution in [1.82, 2.24) is 14.5 Å². The number of hydrogen-bond donors (Lipinski definition) is 0. The van der Waals surface area contributed by atoms with E-state index in [2.05, 4.69) is 17.6 Å². The summed E-state index contributed by atoms with van der Waals surface area (Å²) in [7, 11) is 0. The number of carbonyl (C=O) groups excluding carboxylic acids is 1. The molecule has 1 aromatic heterocycles. The summed E-state index contributed by atoms with van der Waals surface area (Å²) < 4.78 is 13.4. The maximum Gasteiger partial charge on any atom is 0.243 e. The molecule has 1 amide bonds. The highest BCUT2D eigenvalue weighted by Crippen LogP contribution is 2.38. The van der Waals surface area contributed by atoms with Crippen LogP contribution in [0.2, 0.25) is 0 Å². The molecule has 0 aliphatic carbocycles. The van der Waals surface area contributed by atoms with Crippen molar-refractivity contribution < 1.29 is 14.3 Å². The molecule has 1 atom stereocenters. The Balaban J connectivity index is 1.41. The maximum absolute atomic E-state index is 13.3. The Bertz CT molecular complexity index is 1060. The molecule has 0 unspecified atom stereocenters. The lowest BCUT2D eigenvalue weighted by molar-refractivity contribution is -0.132. The number of imidazole rings is 1.